The highest BCUT2D eigenvalue weighted by molar-refractivity contribution is 4.75. The van der Waals surface area contributed by atoms with Crippen molar-refractivity contribution in [1.29, 1.82) is 0 Å². The molecule has 0 saturated heterocycles. The second-order valence-electron chi connectivity index (χ2n) is 3.72. The Hall–Kier alpha value is -0.0800. The first-order chi connectivity index (χ1) is 5.02. The number of hydrogen-bond acceptors (Lipinski definition) is 2. The van der Waals surface area contributed by atoms with Crippen LogP contribution in [0.3, 0.4) is 0 Å². The van der Waals surface area contributed by atoms with E-state index in [1.807, 2.05) is 0 Å². The zero-order chi connectivity index (χ0) is 8.91. The molecule has 0 aliphatic rings. The molecule has 0 radical (unpaired) electrons. The molecule has 68 valence electrons. The van der Waals surface area contributed by atoms with Gasteiger partial charge in [-0.25, -0.2) is 0 Å². The maximum Gasteiger partial charge on any atom is 0.0637 e. The van der Waals surface area contributed by atoms with Crippen molar-refractivity contribution in [1.82, 2.24) is 0 Å². The molecule has 0 amide bonds. The van der Waals surface area contributed by atoms with Crippen LogP contribution in [0.15, 0.2) is 0 Å². The predicted octanol–water partition coefficient (Wildman–Crippen LogP) is 1.93. The molecule has 0 bridgehead atoms. The number of nitrogens with two attached hydrogens (primary N) is 1. The lowest BCUT2D eigenvalue weighted by Crippen LogP contribution is -2.33. The van der Waals surface area contributed by atoms with Gasteiger partial charge in [0.05, 0.1) is 5.60 Å². The first-order valence-electron chi connectivity index (χ1n) is 4.32. The van der Waals surface area contributed by atoms with Crippen LogP contribution in [0.2, 0.25) is 0 Å². The van der Waals surface area contributed by atoms with Gasteiger partial charge in [-0.3, -0.25) is 0 Å². The Morgan fingerprint density at radius 1 is 1.45 bits per heavy atom. The van der Waals surface area contributed by atoms with Gasteiger partial charge in [0, 0.05) is 13.2 Å². The molecule has 0 aromatic carbocycles. The molecule has 0 heterocycles. The van der Waals surface area contributed by atoms with E-state index in [0.29, 0.717) is 0 Å². The van der Waals surface area contributed by atoms with Gasteiger partial charge in [0.15, 0.2) is 0 Å². The van der Waals surface area contributed by atoms with Crippen LogP contribution >= 0.6 is 0 Å². The molecule has 0 saturated carbocycles. The number of rotatable bonds is 5. The molecule has 0 aromatic rings. The minimum atomic E-state index is -0.0609. The highest BCUT2D eigenvalue weighted by Gasteiger charge is 2.19. The second kappa shape index (κ2) is 4.73. The minimum absolute atomic E-state index is 0.0609. The fraction of sp³-hybridized carbons (Fsp3) is 1.00. The van der Waals surface area contributed by atoms with Crippen LogP contribution in [0.4, 0.5) is 0 Å². The van der Waals surface area contributed by atoms with Gasteiger partial charge in [0.2, 0.25) is 0 Å². The van der Waals surface area contributed by atoms with Gasteiger partial charge >= 0.3 is 0 Å². The van der Waals surface area contributed by atoms with E-state index < -0.39 is 0 Å². The van der Waals surface area contributed by atoms with Crippen molar-refractivity contribution < 1.29 is 4.74 Å². The smallest absolute Gasteiger partial charge is 0.0637 e. The number of ether oxygens (including phenoxy) is 1. The zero-order valence-corrected chi connectivity index (χ0v) is 8.18. The van der Waals surface area contributed by atoms with E-state index in [0.717, 1.165) is 19.3 Å². The molecule has 2 nitrogen and oxygen atoms in total. The third-order valence-electron chi connectivity index (χ3n) is 1.97. The van der Waals surface area contributed by atoms with Crippen molar-refractivity contribution in [3.8, 4) is 0 Å². The summed E-state index contributed by atoms with van der Waals surface area (Å²) in [5.74, 6) is 0. The highest BCUT2D eigenvalue weighted by atomic mass is 16.5. The van der Waals surface area contributed by atoms with E-state index in [4.69, 9.17) is 10.5 Å². The van der Waals surface area contributed by atoms with Crippen molar-refractivity contribution in [2.24, 2.45) is 5.73 Å². The molecule has 0 aliphatic heterocycles. The van der Waals surface area contributed by atoms with Crippen molar-refractivity contribution in [3.05, 3.63) is 0 Å². The van der Waals surface area contributed by atoms with Crippen molar-refractivity contribution >= 4 is 0 Å². The first-order valence-corrected chi connectivity index (χ1v) is 4.32. The molecule has 2 heteroatoms. The Morgan fingerprint density at radius 2 is 2.00 bits per heavy atom. The minimum Gasteiger partial charge on any atom is -0.379 e. The topological polar surface area (TPSA) is 35.2 Å². The average molecular weight is 159 g/mol. The SMILES string of the molecule is CCCC(N)CC(C)(C)OC. The molecule has 11 heavy (non-hydrogen) atoms. The van der Waals surface area contributed by atoms with Crippen LogP contribution in [0.1, 0.15) is 40.0 Å². The van der Waals surface area contributed by atoms with Crippen LogP contribution in [0.25, 0.3) is 0 Å². The Kier molecular flexibility index (Phi) is 4.69. The molecular formula is C9H21NO. The van der Waals surface area contributed by atoms with Crippen molar-refractivity contribution in [2.45, 2.75) is 51.7 Å². The maximum absolute atomic E-state index is 5.87. The van der Waals surface area contributed by atoms with Crippen molar-refractivity contribution in [2.75, 3.05) is 7.11 Å². The van der Waals surface area contributed by atoms with Crippen molar-refractivity contribution in [3.63, 3.8) is 0 Å². The lowest BCUT2D eigenvalue weighted by atomic mass is 9.97. The largest absolute Gasteiger partial charge is 0.379 e. The molecule has 1 atom stereocenters. The summed E-state index contributed by atoms with van der Waals surface area (Å²) in [4.78, 5) is 0. The lowest BCUT2D eigenvalue weighted by molar-refractivity contribution is 0.00953. The van der Waals surface area contributed by atoms with Crippen LogP contribution < -0.4 is 5.73 Å². The molecule has 0 fully saturated rings. The van der Waals surface area contributed by atoms with E-state index in [2.05, 4.69) is 20.8 Å². The summed E-state index contributed by atoms with van der Waals surface area (Å²) in [5.41, 5.74) is 5.80. The summed E-state index contributed by atoms with van der Waals surface area (Å²) < 4.78 is 5.27. The standard InChI is InChI=1S/C9H21NO/c1-5-6-8(10)7-9(2,3)11-4/h8H,5-7,10H2,1-4H3. The Balaban J connectivity index is 3.64. The Bertz CT molecular complexity index is 102. The van der Waals surface area contributed by atoms with Gasteiger partial charge in [-0.1, -0.05) is 13.3 Å². The summed E-state index contributed by atoms with van der Waals surface area (Å²) >= 11 is 0. The summed E-state index contributed by atoms with van der Waals surface area (Å²) in [5, 5.41) is 0. The third-order valence-corrected chi connectivity index (χ3v) is 1.97. The Labute approximate surface area is 70.1 Å². The van der Waals surface area contributed by atoms with Crippen LogP contribution in [-0.2, 0) is 4.74 Å². The van der Waals surface area contributed by atoms with Gasteiger partial charge in [-0.05, 0) is 26.7 Å². The van der Waals surface area contributed by atoms with E-state index in [-0.39, 0.29) is 11.6 Å². The molecule has 0 aromatic heterocycles. The van der Waals surface area contributed by atoms with Gasteiger partial charge in [-0.15, -0.1) is 0 Å². The quantitative estimate of drug-likeness (QED) is 0.665. The number of hydrogen-bond donors (Lipinski definition) is 1. The summed E-state index contributed by atoms with van der Waals surface area (Å²) in [6.07, 6.45) is 3.19. The maximum atomic E-state index is 5.87. The molecule has 1 unspecified atom stereocenters. The normalized spacial score (nSPS) is 15.0. The van der Waals surface area contributed by atoms with Crippen LogP contribution in [0.5, 0.6) is 0 Å². The first kappa shape index (κ1) is 10.9. The van der Waals surface area contributed by atoms with Gasteiger partial charge in [0.25, 0.3) is 0 Å². The average Bonchev–Trinajstić information content (AvgIpc) is 1.87. The third kappa shape index (κ3) is 5.22. The van der Waals surface area contributed by atoms with E-state index >= 15 is 0 Å². The zero-order valence-electron chi connectivity index (χ0n) is 8.18. The highest BCUT2D eigenvalue weighted by Crippen LogP contribution is 2.16. The fourth-order valence-corrected chi connectivity index (χ4v) is 1.19. The second-order valence-corrected chi connectivity index (χ2v) is 3.72. The van der Waals surface area contributed by atoms with Gasteiger partial charge < -0.3 is 10.5 Å². The fourth-order valence-electron chi connectivity index (χ4n) is 1.19. The number of methoxy groups -OCH3 is 1. The summed E-state index contributed by atoms with van der Waals surface area (Å²) in [7, 11) is 1.73. The Morgan fingerprint density at radius 3 is 2.36 bits per heavy atom. The van der Waals surface area contributed by atoms with E-state index in [9.17, 15) is 0 Å². The van der Waals surface area contributed by atoms with Gasteiger partial charge in [0.1, 0.15) is 0 Å². The molecule has 0 aliphatic carbocycles. The van der Waals surface area contributed by atoms with E-state index in [1.165, 1.54) is 0 Å². The molecular weight excluding hydrogens is 138 g/mol. The summed E-state index contributed by atoms with van der Waals surface area (Å²) in [6.45, 7) is 6.30. The van der Waals surface area contributed by atoms with Crippen LogP contribution in [0, 0.1) is 0 Å². The molecule has 0 spiro atoms. The predicted molar refractivity (Wildman–Crippen MR) is 48.6 cm³/mol. The molecule has 0 rings (SSSR count). The lowest BCUT2D eigenvalue weighted by Gasteiger charge is -2.26. The summed E-state index contributed by atoms with van der Waals surface area (Å²) in [6, 6.07) is 0.287. The van der Waals surface area contributed by atoms with Crippen LogP contribution in [-0.4, -0.2) is 18.8 Å². The monoisotopic (exact) mass is 159 g/mol. The molecule has 2 N–H and O–H groups in total. The van der Waals surface area contributed by atoms with E-state index in [1.54, 1.807) is 7.11 Å². The van der Waals surface area contributed by atoms with Gasteiger partial charge in [-0.2, -0.15) is 0 Å².